The number of amides is 1. The molecule has 1 aromatic heterocycles. The average molecular weight is 339 g/mol. The Morgan fingerprint density at radius 2 is 1.92 bits per heavy atom. The van der Waals surface area contributed by atoms with Crippen molar-refractivity contribution in [3.63, 3.8) is 0 Å². The zero-order valence-corrected chi connectivity index (χ0v) is 13.2. The molecule has 6 heteroatoms. The van der Waals surface area contributed by atoms with Crippen LogP contribution in [0.1, 0.15) is 29.0 Å². The summed E-state index contributed by atoms with van der Waals surface area (Å²) in [5.41, 5.74) is 2.08. The first-order chi connectivity index (χ1) is 12.1. The lowest BCUT2D eigenvalue weighted by molar-refractivity contribution is -0.116. The second-order valence-corrected chi connectivity index (χ2v) is 6.06. The fourth-order valence-electron chi connectivity index (χ4n) is 3.21. The predicted octanol–water partition coefficient (Wildman–Crippen LogP) is 3.68. The van der Waals surface area contributed by atoms with Crippen LogP contribution < -0.4 is 5.32 Å². The van der Waals surface area contributed by atoms with Gasteiger partial charge in [-0.1, -0.05) is 36.4 Å². The molecule has 0 saturated heterocycles. The summed E-state index contributed by atoms with van der Waals surface area (Å²) < 4.78 is 29.1. The highest BCUT2D eigenvalue weighted by atomic mass is 19.1. The van der Waals surface area contributed by atoms with Gasteiger partial charge in [-0.3, -0.25) is 4.79 Å². The van der Waals surface area contributed by atoms with Gasteiger partial charge >= 0.3 is 0 Å². The quantitative estimate of drug-likeness (QED) is 0.791. The van der Waals surface area contributed by atoms with Gasteiger partial charge in [-0.2, -0.15) is 5.10 Å². The van der Waals surface area contributed by atoms with Crippen LogP contribution in [0.15, 0.2) is 54.7 Å². The highest BCUT2D eigenvalue weighted by Crippen LogP contribution is 2.38. The Labute approximate surface area is 143 Å². The van der Waals surface area contributed by atoms with Crippen LogP contribution >= 0.6 is 0 Å². The van der Waals surface area contributed by atoms with Crippen LogP contribution in [-0.2, 0) is 11.3 Å². The van der Waals surface area contributed by atoms with E-state index in [9.17, 15) is 13.6 Å². The molecule has 1 aliphatic rings. The van der Waals surface area contributed by atoms with Gasteiger partial charge in [0.1, 0.15) is 17.5 Å². The molecule has 0 bridgehead atoms. The Kier molecular flexibility index (Phi) is 3.80. The molecule has 1 unspecified atom stereocenters. The molecule has 4 nitrogen and oxygen atoms in total. The second kappa shape index (κ2) is 6.12. The van der Waals surface area contributed by atoms with E-state index in [-0.39, 0.29) is 12.3 Å². The third-order valence-electron chi connectivity index (χ3n) is 4.40. The van der Waals surface area contributed by atoms with Crippen molar-refractivity contribution >= 4 is 11.7 Å². The van der Waals surface area contributed by atoms with Crippen LogP contribution in [0.3, 0.4) is 0 Å². The van der Waals surface area contributed by atoms with Gasteiger partial charge in [0.15, 0.2) is 0 Å². The number of carbonyl (C=O) groups excluding carboxylic acids is 1. The second-order valence-electron chi connectivity index (χ2n) is 6.06. The number of nitrogens with zero attached hydrogens (tertiary/aromatic N) is 2. The summed E-state index contributed by atoms with van der Waals surface area (Å²) in [5, 5.41) is 7.18. The van der Waals surface area contributed by atoms with Gasteiger partial charge in [0.25, 0.3) is 0 Å². The Hall–Kier alpha value is -3.02. The third kappa shape index (κ3) is 2.91. The van der Waals surface area contributed by atoms with Gasteiger partial charge in [-0.05, 0) is 17.2 Å². The minimum atomic E-state index is -0.651. The van der Waals surface area contributed by atoms with Crippen LogP contribution in [0.25, 0.3) is 0 Å². The van der Waals surface area contributed by atoms with Gasteiger partial charge in [0.2, 0.25) is 5.91 Å². The number of benzene rings is 2. The van der Waals surface area contributed by atoms with Gasteiger partial charge in [0.05, 0.1) is 12.7 Å². The van der Waals surface area contributed by atoms with Crippen LogP contribution in [0, 0.1) is 11.6 Å². The van der Waals surface area contributed by atoms with Gasteiger partial charge < -0.3 is 5.32 Å². The van der Waals surface area contributed by atoms with Gasteiger partial charge in [0, 0.05) is 24.0 Å². The standard InChI is InChI=1S/C19H15F2N3O/c20-13-6-7-14(17(21)8-13)15-9-18(25)23-19-16(15)10-22-24(19)11-12-4-2-1-3-5-12/h1-8,10,15H,9,11H2,(H,23,25). The fourth-order valence-corrected chi connectivity index (χ4v) is 3.21. The molecule has 0 saturated carbocycles. The average Bonchev–Trinajstić information content (AvgIpc) is 2.98. The van der Waals surface area contributed by atoms with Gasteiger partial charge in [-0.25, -0.2) is 13.5 Å². The van der Waals surface area contributed by atoms with Crippen molar-refractivity contribution in [3.05, 3.63) is 83.1 Å². The van der Waals surface area contributed by atoms with Crippen molar-refractivity contribution in [2.24, 2.45) is 0 Å². The lowest BCUT2D eigenvalue weighted by Crippen LogP contribution is -2.25. The highest BCUT2D eigenvalue weighted by Gasteiger charge is 2.31. The summed E-state index contributed by atoms with van der Waals surface area (Å²) in [5.74, 6) is -1.42. The molecule has 0 spiro atoms. The van der Waals surface area contributed by atoms with Crippen molar-refractivity contribution in [1.82, 2.24) is 9.78 Å². The minimum absolute atomic E-state index is 0.104. The van der Waals surface area contributed by atoms with E-state index in [2.05, 4.69) is 10.4 Å². The molecular formula is C19H15F2N3O. The van der Waals surface area contributed by atoms with E-state index in [1.165, 1.54) is 12.1 Å². The molecule has 1 N–H and O–H groups in total. The first-order valence-electron chi connectivity index (χ1n) is 7.96. The molecule has 3 aromatic rings. The van der Waals surface area contributed by atoms with Crippen molar-refractivity contribution < 1.29 is 13.6 Å². The summed E-state index contributed by atoms with van der Waals surface area (Å²) in [6.45, 7) is 0.495. The van der Waals surface area contributed by atoms with Crippen molar-refractivity contribution in [2.45, 2.75) is 18.9 Å². The number of hydrogen-bond donors (Lipinski definition) is 1. The third-order valence-corrected chi connectivity index (χ3v) is 4.40. The van der Waals surface area contributed by atoms with Crippen LogP contribution in [0.2, 0.25) is 0 Å². The van der Waals surface area contributed by atoms with Crippen LogP contribution in [0.5, 0.6) is 0 Å². The van der Waals surface area contributed by atoms with Gasteiger partial charge in [-0.15, -0.1) is 0 Å². The maximum absolute atomic E-state index is 14.2. The van der Waals surface area contributed by atoms with E-state index >= 15 is 0 Å². The molecule has 1 atom stereocenters. The van der Waals surface area contributed by atoms with Crippen molar-refractivity contribution in [1.29, 1.82) is 0 Å². The molecule has 0 aliphatic carbocycles. The molecule has 2 heterocycles. The smallest absolute Gasteiger partial charge is 0.226 e. The van der Waals surface area contributed by atoms with E-state index in [1.807, 2.05) is 30.3 Å². The van der Waals surface area contributed by atoms with Crippen LogP contribution in [0.4, 0.5) is 14.6 Å². The lowest BCUT2D eigenvalue weighted by Gasteiger charge is -2.24. The van der Waals surface area contributed by atoms with Crippen LogP contribution in [-0.4, -0.2) is 15.7 Å². The molecule has 126 valence electrons. The minimum Gasteiger partial charge on any atom is -0.311 e. The number of carbonyl (C=O) groups is 1. The number of aromatic nitrogens is 2. The number of rotatable bonds is 3. The molecule has 4 rings (SSSR count). The van der Waals surface area contributed by atoms with E-state index in [1.54, 1.807) is 10.9 Å². The topological polar surface area (TPSA) is 46.9 Å². The highest BCUT2D eigenvalue weighted by molar-refractivity contribution is 5.94. The molecule has 0 radical (unpaired) electrons. The monoisotopic (exact) mass is 339 g/mol. The molecule has 0 fully saturated rings. The van der Waals surface area contributed by atoms with E-state index < -0.39 is 17.6 Å². The SMILES string of the molecule is O=C1CC(c2ccc(F)cc2F)c2cnn(Cc3ccccc3)c2N1. The summed E-state index contributed by atoms with van der Waals surface area (Å²) >= 11 is 0. The lowest BCUT2D eigenvalue weighted by atomic mass is 9.87. The summed E-state index contributed by atoms with van der Waals surface area (Å²) in [6.07, 6.45) is 1.75. The summed E-state index contributed by atoms with van der Waals surface area (Å²) in [6, 6.07) is 13.2. The Morgan fingerprint density at radius 3 is 2.68 bits per heavy atom. The number of fused-ring (bicyclic) bond motifs is 1. The number of anilines is 1. The number of nitrogens with one attached hydrogen (secondary N) is 1. The number of halogens is 2. The fraction of sp³-hybridized carbons (Fsp3) is 0.158. The summed E-state index contributed by atoms with van der Waals surface area (Å²) in [4.78, 5) is 12.1. The molecular weight excluding hydrogens is 324 g/mol. The Bertz CT molecular complexity index is 937. The number of hydrogen-bond acceptors (Lipinski definition) is 2. The molecule has 2 aromatic carbocycles. The maximum atomic E-state index is 14.2. The zero-order valence-electron chi connectivity index (χ0n) is 13.2. The zero-order chi connectivity index (χ0) is 17.4. The van der Waals surface area contributed by atoms with Crippen molar-refractivity contribution in [3.8, 4) is 0 Å². The first kappa shape index (κ1) is 15.5. The van der Waals surface area contributed by atoms with E-state index in [4.69, 9.17) is 0 Å². The Morgan fingerprint density at radius 1 is 1.12 bits per heavy atom. The molecule has 25 heavy (non-hydrogen) atoms. The Balaban J connectivity index is 1.74. The molecule has 1 amide bonds. The summed E-state index contributed by atoms with van der Waals surface area (Å²) in [7, 11) is 0. The van der Waals surface area contributed by atoms with E-state index in [0.29, 0.717) is 17.9 Å². The molecule has 1 aliphatic heterocycles. The maximum Gasteiger partial charge on any atom is 0.226 e. The predicted molar refractivity (Wildman–Crippen MR) is 89.2 cm³/mol. The van der Waals surface area contributed by atoms with E-state index in [0.717, 1.165) is 17.2 Å². The largest absolute Gasteiger partial charge is 0.311 e. The first-order valence-corrected chi connectivity index (χ1v) is 7.96. The normalized spacial score (nSPS) is 16.4. The van der Waals surface area contributed by atoms with Crippen molar-refractivity contribution in [2.75, 3.05) is 5.32 Å².